The molecule has 0 radical (unpaired) electrons. The third-order valence-electron chi connectivity index (χ3n) is 4.29. The van der Waals surface area contributed by atoms with E-state index in [-0.39, 0.29) is 17.8 Å². The molecule has 5 heteroatoms. The Hall–Kier alpha value is -1.62. The summed E-state index contributed by atoms with van der Waals surface area (Å²) in [5.41, 5.74) is 6.96. The lowest BCUT2D eigenvalue weighted by Gasteiger charge is -2.45. The number of nitrogens with zero attached hydrogens (tertiary/aromatic N) is 1. The van der Waals surface area contributed by atoms with Gasteiger partial charge < -0.3 is 15.4 Å². The summed E-state index contributed by atoms with van der Waals surface area (Å²) in [5, 5.41) is 7.68. The second-order valence-corrected chi connectivity index (χ2v) is 5.53. The average molecular weight is 277 g/mol. The van der Waals surface area contributed by atoms with Gasteiger partial charge in [0.2, 0.25) is 0 Å². The zero-order valence-corrected chi connectivity index (χ0v) is 11.4. The molecule has 108 valence electrons. The number of ether oxygens (including phenoxy) is 1. The second-order valence-electron chi connectivity index (χ2n) is 5.53. The Bertz CT molecular complexity index is 518. The van der Waals surface area contributed by atoms with Gasteiger partial charge in [-0.1, -0.05) is 12.8 Å². The summed E-state index contributed by atoms with van der Waals surface area (Å²) in [4.78, 5) is 2.25. The maximum absolute atomic E-state index is 13.4. The van der Waals surface area contributed by atoms with Gasteiger partial charge in [0.05, 0.1) is 18.8 Å². The number of amidine groups is 1. The number of halogens is 1. The Morgan fingerprint density at radius 3 is 2.95 bits per heavy atom. The number of hydrogen-bond acceptors (Lipinski definition) is 3. The number of fused-ring (bicyclic) bond motifs is 1. The fourth-order valence-electron chi connectivity index (χ4n) is 3.37. The van der Waals surface area contributed by atoms with E-state index in [9.17, 15) is 4.39 Å². The molecule has 0 amide bonds. The van der Waals surface area contributed by atoms with Crippen LogP contribution in [0.4, 0.5) is 10.1 Å². The molecule has 0 spiro atoms. The number of morpholine rings is 1. The molecule has 4 nitrogen and oxygen atoms in total. The first-order chi connectivity index (χ1) is 9.66. The molecule has 1 aliphatic heterocycles. The van der Waals surface area contributed by atoms with Crippen molar-refractivity contribution in [3.63, 3.8) is 0 Å². The van der Waals surface area contributed by atoms with E-state index in [1.807, 2.05) is 0 Å². The van der Waals surface area contributed by atoms with Gasteiger partial charge in [0.15, 0.2) is 0 Å². The van der Waals surface area contributed by atoms with Crippen LogP contribution in [-0.2, 0) is 4.74 Å². The van der Waals surface area contributed by atoms with E-state index in [2.05, 4.69) is 4.90 Å². The van der Waals surface area contributed by atoms with Gasteiger partial charge in [-0.25, -0.2) is 4.39 Å². The Morgan fingerprint density at radius 2 is 2.15 bits per heavy atom. The Balaban J connectivity index is 1.96. The number of nitrogen functional groups attached to an aromatic ring is 1. The van der Waals surface area contributed by atoms with Gasteiger partial charge in [0, 0.05) is 17.8 Å². The molecule has 3 rings (SSSR count). The predicted molar refractivity (Wildman–Crippen MR) is 76.8 cm³/mol. The van der Waals surface area contributed by atoms with Gasteiger partial charge in [-0.15, -0.1) is 0 Å². The molecule has 1 aromatic rings. The van der Waals surface area contributed by atoms with Crippen LogP contribution in [0.15, 0.2) is 18.2 Å². The second kappa shape index (κ2) is 5.40. The molecule has 20 heavy (non-hydrogen) atoms. The summed E-state index contributed by atoms with van der Waals surface area (Å²) in [7, 11) is 0. The number of nitrogens with two attached hydrogens (primary N) is 1. The zero-order chi connectivity index (χ0) is 14.1. The molecule has 2 atom stereocenters. The molecule has 0 bridgehead atoms. The third kappa shape index (κ3) is 2.38. The lowest BCUT2D eigenvalue weighted by Crippen LogP contribution is -2.53. The van der Waals surface area contributed by atoms with Crippen molar-refractivity contribution in [3.8, 4) is 0 Å². The first-order valence-corrected chi connectivity index (χ1v) is 7.19. The largest absolute Gasteiger partial charge is 0.384 e. The molecule has 1 aromatic carbocycles. The molecule has 1 aliphatic carbocycles. The quantitative estimate of drug-likeness (QED) is 0.644. The molecule has 1 saturated carbocycles. The van der Waals surface area contributed by atoms with Crippen molar-refractivity contribution >= 4 is 11.5 Å². The summed E-state index contributed by atoms with van der Waals surface area (Å²) in [6, 6.07) is 4.85. The van der Waals surface area contributed by atoms with Crippen LogP contribution >= 0.6 is 0 Å². The highest BCUT2D eigenvalue weighted by molar-refractivity contribution is 6.00. The molecular formula is C15H20FN3O. The van der Waals surface area contributed by atoms with Gasteiger partial charge >= 0.3 is 0 Å². The summed E-state index contributed by atoms with van der Waals surface area (Å²) < 4.78 is 19.3. The maximum Gasteiger partial charge on any atom is 0.125 e. The number of rotatable bonds is 2. The van der Waals surface area contributed by atoms with E-state index >= 15 is 0 Å². The smallest absolute Gasteiger partial charge is 0.125 e. The highest BCUT2D eigenvalue weighted by Gasteiger charge is 2.35. The van der Waals surface area contributed by atoms with Crippen molar-refractivity contribution in [1.29, 1.82) is 5.41 Å². The van der Waals surface area contributed by atoms with Crippen molar-refractivity contribution in [3.05, 3.63) is 29.6 Å². The molecule has 2 aliphatic rings. The van der Waals surface area contributed by atoms with Crippen molar-refractivity contribution in [1.82, 2.24) is 0 Å². The van der Waals surface area contributed by atoms with Crippen molar-refractivity contribution in [2.24, 2.45) is 5.73 Å². The summed E-state index contributed by atoms with van der Waals surface area (Å²) >= 11 is 0. The van der Waals surface area contributed by atoms with Gasteiger partial charge in [-0.2, -0.15) is 0 Å². The van der Waals surface area contributed by atoms with Gasteiger partial charge in [-0.3, -0.25) is 5.41 Å². The molecule has 3 N–H and O–H groups in total. The van der Waals surface area contributed by atoms with Gasteiger partial charge in [0.25, 0.3) is 0 Å². The SMILES string of the molecule is N=C(N)c1cc(F)ccc1N1CCOC2CCCCC21. The fourth-order valence-corrected chi connectivity index (χ4v) is 3.37. The highest BCUT2D eigenvalue weighted by atomic mass is 19.1. The van der Waals surface area contributed by atoms with Gasteiger partial charge in [0.1, 0.15) is 11.7 Å². The Kier molecular flexibility index (Phi) is 3.61. The summed E-state index contributed by atoms with van der Waals surface area (Å²) in [6.07, 6.45) is 4.81. The van der Waals surface area contributed by atoms with Crippen LogP contribution in [0, 0.1) is 11.2 Å². The topological polar surface area (TPSA) is 62.3 Å². The summed E-state index contributed by atoms with van der Waals surface area (Å²) in [5.74, 6) is -0.439. The fraction of sp³-hybridized carbons (Fsp3) is 0.533. The van der Waals surface area contributed by atoms with Crippen molar-refractivity contribution < 1.29 is 9.13 Å². The molecule has 2 fully saturated rings. The van der Waals surface area contributed by atoms with Crippen LogP contribution in [0.5, 0.6) is 0 Å². The molecular weight excluding hydrogens is 257 g/mol. The highest BCUT2D eigenvalue weighted by Crippen LogP contribution is 2.33. The lowest BCUT2D eigenvalue weighted by molar-refractivity contribution is -0.00869. The minimum Gasteiger partial charge on any atom is -0.384 e. The standard InChI is InChI=1S/C15H20FN3O/c16-10-5-6-12(11(9-10)15(17)18)19-7-8-20-14-4-2-1-3-13(14)19/h5-6,9,13-14H,1-4,7-8H2,(H3,17,18). The summed E-state index contributed by atoms with van der Waals surface area (Å²) in [6.45, 7) is 1.45. The molecule has 1 heterocycles. The number of anilines is 1. The Labute approximate surface area is 118 Å². The predicted octanol–water partition coefficient (Wildman–Crippen LogP) is 2.26. The number of benzene rings is 1. The van der Waals surface area contributed by atoms with E-state index in [0.29, 0.717) is 18.2 Å². The molecule has 2 unspecified atom stereocenters. The van der Waals surface area contributed by atoms with Crippen molar-refractivity contribution in [2.45, 2.75) is 37.8 Å². The van der Waals surface area contributed by atoms with E-state index in [1.54, 1.807) is 6.07 Å². The van der Waals surface area contributed by atoms with Crippen LogP contribution in [-0.4, -0.2) is 31.1 Å². The van der Waals surface area contributed by atoms with Crippen LogP contribution in [0.2, 0.25) is 0 Å². The zero-order valence-electron chi connectivity index (χ0n) is 11.4. The normalized spacial score (nSPS) is 26.1. The number of hydrogen-bond donors (Lipinski definition) is 2. The average Bonchev–Trinajstić information content (AvgIpc) is 2.46. The van der Waals surface area contributed by atoms with Crippen LogP contribution in [0.1, 0.15) is 31.2 Å². The van der Waals surface area contributed by atoms with E-state index in [4.69, 9.17) is 15.9 Å². The number of nitrogens with one attached hydrogen (secondary N) is 1. The van der Waals surface area contributed by atoms with Gasteiger partial charge in [-0.05, 0) is 31.0 Å². The first-order valence-electron chi connectivity index (χ1n) is 7.19. The van der Waals surface area contributed by atoms with E-state index in [0.717, 1.165) is 25.1 Å². The first kappa shape index (κ1) is 13.4. The monoisotopic (exact) mass is 277 g/mol. The minimum atomic E-state index is -0.354. The lowest BCUT2D eigenvalue weighted by atomic mass is 9.89. The van der Waals surface area contributed by atoms with E-state index in [1.165, 1.54) is 25.0 Å². The van der Waals surface area contributed by atoms with Crippen LogP contribution < -0.4 is 10.6 Å². The van der Waals surface area contributed by atoms with Crippen LogP contribution in [0.3, 0.4) is 0 Å². The minimum absolute atomic E-state index is 0.0849. The Morgan fingerprint density at radius 1 is 1.35 bits per heavy atom. The van der Waals surface area contributed by atoms with Crippen molar-refractivity contribution in [2.75, 3.05) is 18.1 Å². The molecule has 1 saturated heterocycles. The van der Waals surface area contributed by atoms with E-state index < -0.39 is 0 Å². The van der Waals surface area contributed by atoms with Crippen LogP contribution in [0.25, 0.3) is 0 Å². The maximum atomic E-state index is 13.4. The third-order valence-corrected chi connectivity index (χ3v) is 4.29. The molecule has 0 aromatic heterocycles.